The minimum Gasteiger partial charge on any atom is -0.372 e. The zero-order chi connectivity index (χ0) is 24.3. The number of carbonyl (C=O) groups excluding carboxylic acids is 2. The lowest BCUT2D eigenvalue weighted by Crippen LogP contribution is -2.47. The minimum absolute atomic E-state index is 0.0479. The van der Waals surface area contributed by atoms with Crippen LogP contribution in [0.1, 0.15) is 24.0 Å². The quantitative estimate of drug-likeness (QED) is 0.644. The first-order valence-corrected chi connectivity index (χ1v) is 12.2. The topological polar surface area (TPSA) is 82.6 Å². The van der Waals surface area contributed by atoms with Crippen molar-refractivity contribution in [3.63, 3.8) is 0 Å². The van der Waals surface area contributed by atoms with E-state index in [0.717, 1.165) is 24.0 Å². The van der Waals surface area contributed by atoms with E-state index in [1.54, 1.807) is 0 Å². The van der Waals surface area contributed by atoms with Gasteiger partial charge in [0.25, 0.3) is 0 Å². The first-order valence-electron chi connectivity index (χ1n) is 12.2. The van der Waals surface area contributed by atoms with Crippen molar-refractivity contribution in [2.24, 2.45) is 4.99 Å². The van der Waals surface area contributed by atoms with Gasteiger partial charge >= 0.3 is 0 Å². The molecule has 6 heteroatoms. The summed E-state index contributed by atoms with van der Waals surface area (Å²) >= 11 is 0. The Kier molecular flexibility index (Phi) is 8.65. The lowest BCUT2D eigenvalue weighted by atomic mass is 10.0. The van der Waals surface area contributed by atoms with Gasteiger partial charge in [0.1, 0.15) is 12.1 Å². The summed E-state index contributed by atoms with van der Waals surface area (Å²) in [6.07, 6.45) is 12.1. The number of nitrogens with one attached hydrogen (secondary N) is 3. The number of carbonyl (C=O) groups is 2. The molecule has 1 heterocycles. The summed E-state index contributed by atoms with van der Waals surface area (Å²) in [6.45, 7) is 1.12. The lowest BCUT2D eigenvalue weighted by Gasteiger charge is -2.23. The Labute approximate surface area is 206 Å². The van der Waals surface area contributed by atoms with E-state index in [2.05, 4.69) is 16.0 Å². The molecule has 0 aromatic heterocycles. The van der Waals surface area contributed by atoms with Gasteiger partial charge in [0.2, 0.25) is 11.8 Å². The van der Waals surface area contributed by atoms with Crippen molar-refractivity contribution in [3.05, 3.63) is 108 Å². The smallest absolute Gasteiger partial charge is 0.245 e. The van der Waals surface area contributed by atoms with Crippen LogP contribution in [-0.2, 0) is 22.4 Å². The molecule has 0 radical (unpaired) electrons. The molecule has 2 aliphatic rings. The molecule has 180 valence electrons. The van der Waals surface area contributed by atoms with Gasteiger partial charge in [-0.2, -0.15) is 0 Å². The first kappa shape index (κ1) is 24.2. The van der Waals surface area contributed by atoms with Gasteiger partial charge < -0.3 is 16.0 Å². The number of allylic oxidation sites excluding steroid dienone is 5. The molecular weight excluding hydrogens is 436 g/mol. The van der Waals surface area contributed by atoms with E-state index < -0.39 is 12.1 Å². The van der Waals surface area contributed by atoms with Gasteiger partial charge in [-0.05, 0) is 36.1 Å². The molecule has 0 saturated heterocycles. The van der Waals surface area contributed by atoms with Crippen LogP contribution in [0.2, 0.25) is 0 Å². The Hall–Kier alpha value is -3.93. The van der Waals surface area contributed by atoms with Crippen molar-refractivity contribution >= 4 is 17.5 Å². The predicted molar refractivity (Wildman–Crippen MR) is 140 cm³/mol. The van der Waals surface area contributed by atoms with Crippen molar-refractivity contribution in [1.29, 1.82) is 0 Å². The molecular formula is C29H32N4O2. The van der Waals surface area contributed by atoms with E-state index in [9.17, 15) is 9.59 Å². The van der Waals surface area contributed by atoms with E-state index in [4.69, 9.17) is 4.99 Å². The monoisotopic (exact) mass is 468 g/mol. The summed E-state index contributed by atoms with van der Waals surface area (Å²) in [4.78, 5) is 31.2. The molecule has 0 spiro atoms. The zero-order valence-electron chi connectivity index (χ0n) is 19.8. The number of benzene rings is 2. The summed E-state index contributed by atoms with van der Waals surface area (Å²) in [7, 11) is 0. The third-order valence-corrected chi connectivity index (χ3v) is 6.02. The molecule has 6 nitrogen and oxygen atoms in total. The third kappa shape index (κ3) is 7.27. The van der Waals surface area contributed by atoms with E-state index in [0.29, 0.717) is 37.3 Å². The Morgan fingerprint density at radius 2 is 1.37 bits per heavy atom. The first-order chi connectivity index (χ1) is 17.2. The molecule has 2 atom stereocenters. The summed E-state index contributed by atoms with van der Waals surface area (Å²) in [5.41, 5.74) is 3.48. The van der Waals surface area contributed by atoms with Gasteiger partial charge in [0.15, 0.2) is 0 Å². The summed E-state index contributed by atoms with van der Waals surface area (Å²) in [5.74, 6) is -0.138. The highest BCUT2D eigenvalue weighted by Gasteiger charge is 2.24. The predicted octanol–water partition coefficient (Wildman–Crippen LogP) is 3.28. The molecule has 1 aliphatic heterocycles. The largest absolute Gasteiger partial charge is 0.372 e. The molecule has 35 heavy (non-hydrogen) atoms. The SMILES string of the molecule is O=C1NCCCCNC(=O)C(Cc2ccccc2)NC2=CC=CC=CC2=NC1Cc1ccccc1. The van der Waals surface area contributed by atoms with Gasteiger partial charge in [-0.1, -0.05) is 78.9 Å². The van der Waals surface area contributed by atoms with Gasteiger partial charge in [-0.15, -0.1) is 0 Å². The molecule has 2 amide bonds. The second kappa shape index (κ2) is 12.5. The number of hydrogen-bond donors (Lipinski definition) is 3. The Morgan fingerprint density at radius 1 is 0.743 bits per heavy atom. The van der Waals surface area contributed by atoms with E-state index in [1.165, 1.54) is 0 Å². The van der Waals surface area contributed by atoms with E-state index in [1.807, 2.05) is 91.0 Å². The average Bonchev–Trinajstić information content (AvgIpc) is 3.10. The van der Waals surface area contributed by atoms with Crippen molar-refractivity contribution in [1.82, 2.24) is 16.0 Å². The van der Waals surface area contributed by atoms with Crippen LogP contribution in [0, 0.1) is 0 Å². The molecule has 3 N–H and O–H groups in total. The Bertz CT molecular complexity index is 1120. The van der Waals surface area contributed by atoms with Crippen molar-refractivity contribution in [2.45, 2.75) is 37.8 Å². The third-order valence-electron chi connectivity index (χ3n) is 6.02. The number of aliphatic imine (C=N–C) groups is 1. The second-order valence-electron chi connectivity index (χ2n) is 8.72. The maximum atomic E-state index is 13.2. The average molecular weight is 469 g/mol. The van der Waals surface area contributed by atoms with Crippen LogP contribution in [-0.4, -0.2) is 42.7 Å². The van der Waals surface area contributed by atoms with Crippen molar-refractivity contribution < 1.29 is 9.59 Å². The van der Waals surface area contributed by atoms with Crippen molar-refractivity contribution in [3.8, 4) is 0 Å². The van der Waals surface area contributed by atoms with Crippen LogP contribution in [0.4, 0.5) is 0 Å². The summed E-state index contributed by atoms with van der Waals surface area (Å²) in [5, 5.41) is 9.52. The number of nitrogens with zero attached hydrogens (tertiary/aromatic N) is 1. The maximum absolute atomic E-state index is 13.2. The number of amides is 2. The zero-order valence-corrected chi connectivity index (χ0v) is 19.8. The molecule has 0 saturated carbocycles. The van der Waals surface area contributed by atoms with Crippen LogP contribution < -0.4 is 16.0 Å². The van der Waals surface area contributed by atoms with Crippen LogP contribution in [0.5, 0.6) is 0 Å². The highest BCUT2D eigenvalue weighted by atomic mass is 16.2. The van der Waals surface area contributed by atoms with Crippen LogP contribution >= 0.6 is 0 Å². The molecule has 2 aromatic carbocycles. The van der Waals surface area contributed by atoms with Crippen LogP contribution in [0.15, 0.2) is 102 Å². The second-order valence-corrected chi connectivity index (χ2v) is 8.72. The van der Waals surface area contributed by atoms with Crippen LogP contribution in [0.3, 0.4) is 0 Å². The molecule has 0 bridgehead atoms. The summed E-state index contributed by atoms with van der Waals surface area (Å²) in [6, 6.07) is 18.9. The fraction of sp³-hybridized carbons (Fsp3) is 0.276. The highest BCUT2D eigenvalue weighted by molar-refractivity contribution is 6.10. The fourth-order valence-corrected chi connectivity index (χ4v) is 4.14. The normalized spacial score (nSPS) is 21.3. The van der Waals surface area contributed by atoms with Gasteiger partial charge in [-0.3, -0.25) is 14.6 Å². The van der Waals surface area contributed by atoms with Crippen molar-refractivity contribution in [2.75, 3.05) is 13.1 Å². The highest BCUT2D eigenvalue weighted by Crippen LogP contribution is 2.13. The summed E-state index contributed by atoms with van der Waals surface area (Å²) < 4.78 is 0. The van der Waals surface area contributed by atoms with Gasteiger partial charge in [0, 0.05) is 25.9 Å². The minimum atomic E-state index is -0.579. The number of rotatable bonds is 4. The standard InChI is InChI=1S/C29H32N4O2/c34-28-26(20-22-12-4-1-5-13-22)32-24-16-8-3-9-17-25(24)33-27(21-23-14-6-2-7-15-23)29(35)31-19-11-10-18-30-28/h1-9,12-17,26-27,32H,10-11,18-21H2,(H,30,34)(H,31,35). The Morgan fingerprint density at radius 3 is 2.06 bits per heavy atom. The number of fused-ring (bicyclic) bond motifs is 1. The van der Waals surface area contributed by atoms with Crippen LogP contribution in [0.25, 0.3) is 0 Å². The fourth-order valence-electron chi connectivity index (χ4n) is 4.14. The number of hydrogen-bond acceptors (Lipinski definition) is 4. The Balaban J connectivity index is 1.67. The van der Waals surface area contributed by atoms with Gasteiger partial charge in [-0.25, -0.2) is 0 Å². The molecule has 2 unspecified atom stereocenters. The van der Waals surface area contributed by atoms with E-state index >= 15 is 0 Å². The molecule has 4 rings (SSSR count). The molecule has 2 aromatic rings. The van der Waals surface area contributed by atoms with Gasteiger partial charge in [0.05, 0.1) is 11.4 Å². The lowest BCUT2D eigenvalue weighted by molar-refractivity contribution is -0.123. The molecule has 1 aliphatic carbocycles. The van der Waals surface area contributed by atoms with E-state index in [-0.39, 0.29) is 11.8 Å². The maximum Gasteiger partial charge on any atom is 0.245 e. The molecule has 0 fully saturated rings.